The number of amides is 1. The largest absolute Gasteiger partial charge is 0.346 e. The number of aryl methyl sites for hydroxylation is 1. The summed E-state index contributed by atoms with van der Waals surface area (Å²) in [7, 11) is 1.82. The fraction of sp³-hybridized carbons (Fsp3) is 0.316. The molecule has 0 aliphatic heterocycles. The number of carbonyl (C=O) groups is 1. The van der Waals surface area contributed by atoms with Crippen LogP contribution in [0.25, 0.3) is 11.0 Å². The summed E-state index contributed by atoms with van der Waals surface area (Å²) in [5.74, 6) is 0. The van der Waals surface area contributed by atoms with Crippen LogP contribution in [0.2, 0.25) is 0 Å². The molecule has 0 saturated carbocycles. The van der Waals surface area contributed by atoms with Crippen molar-refractivity contribution in [2.45, 2.75) is 25.7 Å². The quantitative estimate of drug-likeness (QED) is 0.650. The maximum absolute atomic E-state index is 12.5. The lowest BCUT2D eigenvalue weighted by Gasteiger charge is -2.16. The minimum atomic E-state index is -0.133. The van der Waals surface area contributed by atoms with Gasteiger partial charge < -0.3 is 4.90 Å². The lowest BCUT2D eigenvalue weighted by molar-refractivity contribution is 0.207. The van der Waals surface area contributed by atoms with Gasteiger partial charge in [0.2, 0.25) is 0 Å². The fourth-order valence-corrected chi connectivity index (χ4v) is 2.77. The predicted molar refractivity (Wildman–Crippen MR) is 94.9 cm³/mol. The summed E-state index contributed by atoms with van der Waals surface area (Å²) in [5, 5.41) is 8.01. The Bertz CT molecular complexity index is 797. The smallest absolute Gasteiger partial charge is 0.326 e. The van der Waals surface area contributed by atoms with Crippen molar-refractivity contribution >= 4 is 17.1 Å². The highest BCUT2D eigenvalue weighted by molar-refractivity contribution is 5.87. The summed E-state index contributed by atoms with van der Waals surface area (Å²) in [5.41, 5.74) is 2.86. The van der Waals surface area contributed by atoms with Crippen molar-refractivity contribution in [3.8, 4) is 0 Å². The number of carbonyl (C=O) groups excluding carboxylic acids is 1. The molecule has 0 aliphatic carbocycles. The number of benzene rings is 2. The first-order chi connectivity index (χ1) is 11.8. The lowest BCUT2D eigenvalue weighted by Crippen LogP contribution is -2.32. The van der Waals surface area contributed by atoms with Crippen LogP contribution in [0.1, 0.15) is 24.8 Å². The molecular formula is C19H22N4O. The van der Waals surface area contributed by atoms with Gasteiger partial charge in [0.05, 0.1) is 5.52 Å². The third-order valence-corrected chi connectivity index (χ3v) is 4.16. The zero-order valence-electron chi connectivity index (χ0n) is 13.9. The second-order valence-corrected chi connectivity index (χ2v) is 5.99. The van der Waals surface area contributed by atoms with Gasteiger partial charge in [0.15, 0.2) is 0 Å². The van der Waals surface area contributed by atoms with Gasteiger partial charge in [-0.05, 0) is 37.0 Å². The fourth-order valence-electron chi connectivity index (χ4n) is 2.77. The highest BCUT2D eigenvalue weighted by Crippen LogP contribution is 2.11. The molecule has 0 saturated heterocycles. The minimum Gasteiger partial charge on any atom is -0.326 e. The van der Waals surface area contributed by atoms with Crippen molar-refractivity contribution < 1.29 is 4.79 Å². The minimum absolute atomic E-state index is 0.133. The Kier molecular flexibility index (Phi) is 5.21. The van der Waals surface area contributed by atoms with E-state index in [1.165, 1.54) is 10.2 Å². The second kappa shape index (κ2) is 7.73. The molecule has 0 radical (unpaired) electrons. The molecule has 1 aromatic heterocycles. The average molecular weight is 322 g/mol. The maximum Gasteiger partial charge on any atom is 0.346 e. The number of hydrogen-bond donors (Lipinski definition) is 0. The van der Waals surface area contributed by atoms with Gasteiger partial charge in [-0.3, -0.25) is 0 Å². The number of rotatable bonds is 6. The second-order valence-electron chi connectivity index (χ2n) is 5.99. The van der Waals surface area contributed by atoms with E-state index in [4.69, 9.17) is 0 Å². The third-order valence-electron chi connectivity index (χ3n) is 4.16. The normalized spacial score (nSPS) is 10.9. The van der Waals surface area contributed by atoms with E-state index < -0.39 is 0 Å². The Morgan fingerprint density at radius 3 is 2.58 bits per heavy atom. The Morgan fingerprint density at radius 2 is 1.75 bits per heavy atom. The Morgan fingerprint density at radius 1 is 1.00 bits per heavy atom. The summed E-state index contributed by atoms with van der Waals surface area (Å²) in [6.07, 6.45) is 4.32. The van der Waals surface area contributed by atoms with Crippen molar-refractivity contribution in [1.29, 1.82) is 0 Å². The Balaban J connectivity index is 1.46. The van der Waals surface area contributed by atoms with Crippen LogP contribution in [-0.4, -0.2) is 39.5 Å². The maximum atomic E-state index is 12.5. The molecule has 0 atom stereocenters. The van der Waals surface area contributed by atoms with E-state index in [0.717, 1.165) is 43.3 Å². The molecule has 0 unspecified atom stereocenters. The molecule has 3 aromatic rings. The summed E-state index contributed by atoms with van der Waals surface area (Å²) >= 11 is 0. The number of aromatic nitrogens is 3. The van der Waals surface area contributed by atoms with Crippen LogP contribution in [0.3, 0.4) is 0 Å². The summed E-state index contributed by atoms with van der Waals surface area (Å²) in [6.45, 7) is 0.724. The van der Waals surface area contributed by atoms with Crippen LogP contribution >= 0.6 is 0 Å². The molecule has 0 N–H and O–H groups in total. The highest BCUT2D eigenvalue weighted by Gasteiger charge is 2.15. The van der Waals surface area contributed by atoms with Gasteiger partial charge >= 0.3 is 6.03 Å². The van der Waals surface area contributed by atoms with Crippen molar-refractivity contribution in [3.63, 3.8) is 0 Å². The lowest BCUT2D eigenvalue weighted by atomic mass is 10.1. The number of fused-ring (bicyclic) bond motifs is 1. The van der Waals surface area contributed by atoms with E-state index in [1.807, 2.05) is 37.4 Å². The van der Waals surface area contributed by atoms with Gasteiger partial charge in [0.1, 0.15) is 5.52 Å². The molecule has 1 heterocycles. The summed E-state index contributed by atoms with van der Waals surface area (Å²) in [4.78, 5) is 14.2. The Hall–Kier alpha value is -2.69. The number of hydrogen-bond acceptors (Lipinski definition) is 3. The van der Waals surface area contributed by atoms with Crippen LogP contribution in [0.15, 0.2) is 54.6 Å². The van der Waals surface area contributed by atoms with Crippen LogP contribution in [0.4, 0.5) is 4.79 Å². The van der Waals surface area contributed by atoms with Crippen molar-refractivity contribution in [3.05, 3.63) is 60.2 Å². The van der Waals surface area contributed by atoms with Gasteiger partial charge in [0.25, 0.3) is 0 Å². The SMILES string of the molecule is CN(CCCCCc1ccccc1)C(=O)n1nnc2ccccc21. The average Bonchev–Trinajstić information content (AvgIpc) is 3.05. The molecule has 24 heavy (non-hydrogen) atoms. The van der Waals surface area contributed by atoms with Crippen LogP contribution in [0.5, 0.6) is 0 Å². The molecule has 1 amide bonds. The zero-order valence-corrected chi connectivity index (χ0v) is 13.9. The molecule has 0 spiro atoms. The van der Waals surface area contributed by atoms with Gasteiger partial charge in [-0.25, -0.2) is 4.79 Å². The van der Waals surface area contributed by atoms with Gasteiger partial charge in [0, 0.05) is 13.6 Å². The number of nitrogens with zero attached hydrogens (tertiary/aromatic N) is 4. The zero-order chi connectivity index (χ0) is 16.8. The topological polar surface area (TPSA) is 51.0 Å². The molecule has 5 nitrogen and oxygen atoms in total. The van der Waals surface area contributed by atoms with Gasteiger partial charge in [-0.2, -0.15) is 4.68 Å². The number of para-hydroxylation sites is 1. The summed E-state index contributed by atoms with van der Waals surface area (Å²) < 4.78 is 1.37. The van der Waals surface area contributed by atoms with E-state index in [0.29, 0.717) is 0 Å². The predicted octanol–water partition coefficient (Wildman–Crippen LogP) is 3.74. The first-order valence-electron chi connectivity index (χ1n) is 8.35. The molecule has 0 bridgehead atoms. The molecule has 3 rings (SSSR count). The van der Waals surface area contributed by atoms with Gasteiger partial charge in [-0.1, -0.05) is 54.1 Å². The molecule has 5 heteroatoms. The number of unbranched alkanes of at least 4 members (excludes halogenated alkanes) is 2. The Labute approximate surface area is 141 Å². The van der Waals surface area contributed by atoms with Crippen molar-refractivity contribution in [2.75, 3.05) is 13.6 Å². The monoisotopic (exact) mass is 322 g/mol. The van der Waals surface area contributed by atoms with Gasteiger partial charge in [-0.15, -0.1) is 5.10 Å². The summed E-state index contributed by atoms with van der Waals surface area (Å²) in [6, 6.07) is 17.9. The standard InChI is InChI=1S/C19H22N4O/c1-22(15-9-3-6-12-16-10-4-2-5-11-16)19(24)23-18-14-8-7-13-17(18)20-21-23/h2,4-5,7-8,10-11,13-14H,3,6,9,12,15H2,1H3. The molecule has 0 aliphatic rings. The first kappa shape index (κ1) is 16.2. The van der Waals surface area contributed by atoms with Crippen molar-refractivity contribution in [2.24, 2.45) is 0 Å². The van der Waals surface area contributed by atoms with Crippen LogP contribution < -0.4 is 0 Å². The first-order valence-corrected chi connectivity index (χ1v) is 8.35. The highest BCUT2D eigenvalue weighted by atomic mass is 16.2. The molecule has 2 aromatic carbocycles. The van der Waals surface area contributed by atoms with E-state index in [2.05, 4.69) is 34.6 Å². The van der Waals surface area contributed by atoms with E-state index >= 15 is 0 Å². The molecule has 0 fully saturated rings. The van der Waals surface area contributed by atoms with Crippen molar-refractivity contribution in [1.82, 2.24) is 19.9 Å². The van der Waals surface area contributed by atoms with Crippen LogP contribution in [-0.2, 0) is 6.42 Å². The third kappa shape index (κ3) is 3.79. The van der Waals surface area contributed by atoms with Crippen LogP contribution in [0, 0.1) is 0 Å². The van der Waals surface area contributed by atoms with E-state index in [1.54, 1.807) is 4.90 Å². The van der Waals surface area contributed by atoms with E-state index in [9.17, 15) is 4.79 Å². The van der Waals surface area contributed by atoms with E-state index in [-0.39, 0.29) is 6.03 Å². The molecule has 124 valence electrons. The molecular weight excluding hydrogens is 300 g/mol.